The second kappa shape index (κ2) is 11.8. The number of nitrogens with one attached hydrogen (secondary N) is 1. The molecule has 1 amide bonds. The monoisotopic (exact) mass is 529 g/mol. The number of hydrogen-bond acceptors (Lipinski definition) is 6. The van der Waals surface area contributed by atoms with Gasteiger partial charge in [-0.05, 0) is 42.8 Å². The van der Waals surface area contributed by atoms with E-state index in [0.29, 0.717) is 44.1 Å². The number of benzene rings is 3. The van der Waals surface area contributed by atoms with Gasteiger partial charge in [0.25, 0.3) is 0 Å². The Labute approximate surface area is 225 Å². The number of rotatable bonds is 8. The fourth-order valence-electron chi connectivity index (χ4n) is 3.72. The van der Waals surface area contributed by atoms with Crippen molar-refractivity contribution >= 4 is 35.0 Å². The molecule has 0 unspecified atom stereocenters. The lowest BCUT2D eigenvalue weighted by Crippen LogP contribution is -2.14. The van der Waals surface area contributed by atoms with Crippen molar-refractivity contribution in [2.45, 2.75) is 11.9 Å². The minimum absolute atomic E-state index is 0.0512. The van der Waals surface area contributed by atoms with E-state index in [-0.39, 0.29) is 11.7 Å². The topological polar surface area (TPSA) is 84.2 Å². The zero-order chi connectivity index (χ0) is 26.4. The molecule has 1 N–H and O–H groups in total. The Bertz CT molecular complexity index is 1480. The largest absolute Gasteiger partial charge is 0.493 e. The summed E-state index contributed by atoms with van der Waals surface area (Å²) in [7, 11) is 3.14. The third kappa shape index (κ3) is 6.05. The van der Waals surface area contributed by atoms with Gasteiger partial charge in [-0.1, -0.05) is 71.4 Å². The standard InChI is InChI=1S/C29H24ClN3O3S/c1-18-8-10-19(11-9-18)25-15-21(20-12-13-26(35-2)27(14-20)36-3)22(16-31)29(33-25)37-17-28(34)32-24-7-5-4-6-23(24)30/h4-15H,17H2,1-3H3,(H,32,34). The average molecular weight is 530 g/mol. The van der Waals surface area contributed by atoms with E-state index in [9.17, 15) is 10.1 Å². The molecule has 0 spiro atoms. The first-order valence-corrected chi connectivity index (χ1v) is 12.7. The van der Waals surface area contributed by atoms with Crippen molar-refractivity contribution in [3.05, 3.63) is 88.9 Å². The van der Waals surface area contributed by atoms with E-state index in [1.165, 1.54) is 11.8 Å². The predicted octanol–water partition coefficient (Wildman–Crippen LogP) is 7.00. The molecule has 1 aromatic heterocycles. The molecule has 186 valence electrons. The molecule has 0 aliphatic carbocycles. The number of carbonyl (C=O) groups is 1. The maximum absolute atomic E-state index is 12.7. The molecule has 37 heavy (non-hydrogen) atoms. The quantitative estimate of drug-likeness (QED) is 0.247. The molecule has 8 heteroatoms. The maximum Gasteiger partial charge on any atom is 0.234 e. The molecule has 0 aliphatic heterocycles. The van der Waals surface area contributed by atoms with E-state index in [2.05, 4.69) is 11.4 Å². The summed E-state index contributed by atoms with van der Waals surface area (Å²) in [6, 6.07) is 24.7. The molecule has 0 radical (unpaired) electrons. The van der Waals surface area contributed by atoms with Gasteiger partial charge in [-0.25, -0.2) is 4.98 Å². The van der Waals surface area contributed by atoms with Gasteiger partial charge < -0.3 is 14.8 Å². The lowest BCUT2D eigenvalue weighted by Gasteiger charge is -2.15. The normalized spacial score (nSPS) is 10.5. The second-order valence-electron chi connectivity index (χ2n) is 8.10. The van der Waals surface area contributed by atoms with Gasteiger partial charge >= 0.3 is 0 Å². The minimum Gasteiger partial charge on any atom is -0.493 e. The summed E-state index contributed by atoms with van der Waals surface area (Å²) in [6.45, 7) is 2.02. The van der Waals surface area contributed by atoms with Crippen molar-refractivity contribution in [3.63, 3.8) is 0 Å². The fraction of sp³-hybridized carbons (Fsp3) is 0.138. The molecule has 3 aromatic carbocycles. The number of nitriles is 1. The molecular formula is C29H24ClN3O3S. The van der Waals surface area contributed by atoms with E-state index < -0.39 is 0 Å². The molecular weight excluding hydrogens is 506 g/mol. The van der Waals surface area contributed by atoms with Gasteiger partial charge in [-0.3, -0.25) is 4.79 Å². The molecule has 4 aromatic rings. The molecule has 0 atom stereocenters. The number of methoxy groups -OCH3 is 2. The highest BCUT2D eigenvalue weighted by molar-refractivity contribution is 8.00. The van der Waals surface area contributed by atoms with Gasteiger partial charge in [-0.15, -0.1) is 0 Å². The van der Waals surface area contributed by atoms with Crippen molar-refractivity contribution in [2.24, 2.45) is 0 Å². The Hall–Kier alpha value is -3.99. The molecule has 1 heterocycles. The smallest absolute Gasteiger partial charge is 0.234 e. The predicted molar refractivity (Wildman–Crippen MR) is 148 cm³/mol. The Kier molecular flexibility index (Phi) is 8.34. The maximum atomic E-state index is 12.7. The van der Waals surface area contributed by atoms with Crippen molar-refractivity contribution in [3.8, 4) is 40.0 Å². The number of hydrogen-bond donors (Lipinski definition) is 1. The summed E-state index contributed by atoms with van der Waals surface area (Å²) in [4.78, 5) is 17.5. The summed E-state index contributed by atoms with van der Waals surface area (Å²) in [5.74, 6) is 0.932. The van der Waals surface area contributed by atoms with E-state index in [1.54, 1.807) is 44.6 Å². The van der Waals surface area contributed by atoms with Crippen molar-refractivity contribution < 1.29 is 14.3 Å². The van der Waals surface area contributed by atoms with Crippen LogP contribution in [0.1, 0.15) is 11.1 Å². The molecule has 0 saturated heterocycles. The fourth-order valence-corrected chi connectivity index (χ4v) is 4.71. The van der Waals surface area contributed by atoms with Crippen LogP contribution in [-0.4, -0.2) is 30.9 Å². The van der Waals surface area contributed by atoms with Crippen molar-refractivity contribution in [1.29, 1.82) is 5.26 Å². The zero-order valence-electron chi connectivity index (χ0n) is 20.5. The minimum atomic E-state index is -0.253. The number of aromatic nitrogens is 1. The van der Waals surface area contributed by atoms with Crippen LogP contribution in [-0.2, 0) is 4.79 Å². The number of halogens is 1. The van der Waals surface area contributed by atoms with Gasteiger partial charge in [0.15, 0.2) is 11.5 Å². The summed E-state index contributed by atoms with van der Waals surface area (Å²) in [6.07, 6.45) is 0. The van der Waals surface area contributed by atoms with Crippen LogP contribution in [0, 0.1) is 18.3 Å². The summed E-state index contributed by atoms with van der Waals surface area (Å²) < 4.78 is 10.9. The molecule has 0 aliphatic rings. The lowest BCUT2D eigenvalue weighted by atomic mass is 9.98. The summed E-state index contributed by atoms with van der Waals surface area (Å²) in [5.41, 5.74) is 5.08. The van der Waals surface area contributed by atoms with Gasteiger partial charge in [0.1, 0.15) is 11.1 Å². The number of anilines is 1. The number of aryl methyl sites for hydroxylation is 1. The first-order valence-electron chi connectivity index (χ1n) is 11.3. The third-order valence-electron chi connectivity index (χ3n) is 5.63. The number of thioether (sulfide) groups is 1. The van der Waals surface area contributed by atoms with Crippen LogP contribution in [0.3, 0.4) is 0 Å². The molecule has 0 bridgehead atoms. The van der Waals surface area contributed by atoms with E-state index >= 15 is 0 Å². The van der Waals surface area contributed by atoms with Crippen molar-refractivity contribution in [1.82, 2.24) is 4.98 Å². The van der Waals surface area contributed by atoms with Gasteiger partial charge in [0, 0.05) is 11.1 Å². The number of ether oxygens (including phenoxy) is 2. The average Bonchev–Trinajstić information content (AvgIpc) is 2.92. The van der Waals surface area contributed by atoms with E-state index in [0.717, 1.165) is 16.7 Å². The number of carbonyl (C=O) groups excluding carboxylic acids is 1. The SMILES string of the molecule is COc1ccc(-c2cc(-c3ccc(C)cc3)nc(SCC(=O)Nc3ccccc3Cl)c2C#N)cc1OC. The van der Waals surface area contributed by atoms with Gasteiger partial charge in [0.2, 0.25) is 5.91 Å². The number of nitrogens with zero attached hydrogens (tertiary/aromatic N) is 2. The van der Waals surface area contributed by atoms with Crippen LogP contribution in [0.2, 0.25) is 5.02 Å². The number of para-hydroxylation sites is 1. The van der Waals surface area contributed by atoms with Crippen LogP contribution < -0.4 is 14.8 Å². The van der Waals surface area contributed by atoms with E-state index in [4.69, 9.17) is 26.1 Å². The van der Waals surface area contributed by atoms with Crippen LogP contribution in [0.4, 0.5) is 5.69 Å². The van der Waals surface area contributed by atoms with Crippen LogP contribution in [0.5, 0.6) is 11.5 Å². The molecule has 0 saturated carbocycles. The lowest BCUT2D eigenvalue weighted by molar-refractivity contribution is -0.113. The highest BCUT2D eigenvalue weighted by Gasteiger charge is 2.19. The summed E-state index contributed by atoms with van der Waals surface area (Å²) >= 11 is 7.37. The van der Waals surface area contributed by atoms with Gasteiger partial charge in [0.05, 0.1) is 41.9 Å². The summed E-state index contributed by atoms with van der Waals surface area (Å²) in [5, 5.41) is 13.9. The Morgan fingerprint density at radius 1 is 1.00 bits per heavy atom. The number of amides is 1. The molecule has 6 nitrogen and oxygen atoms in total. The molecule has 0 fully saturated rings. The Balaban J connectivity index is 1.75. The Morgan fingerprint density at radius 3 is 2.38 bits per heavy atom. The second-order valence-corrected chi connectivity index (χ2v) is 9.47. The van der Waals surface area contributed by atoms with Crippen LogP contribution >= 0.6 is 23.4 Å². The highest BCUT2D eigenvalue weighted by atomic mass is 35.5. The van der Waals surface area contributed by atoms with Crippen LogP contribution in [0.15, 0.2) is 77.8 Å². The van der Waals surface area contributed by atoms with E-state index in [1.807, 2.05) is 49.4 Å². The van der Waals surface area contributed by atoms with Crippen LogP contribution in [0.25, 0.3) is 22.4 Å². The first kappa shape index (κ1) is 26.1. The third-order valence-corrected chi connectivity index (χ3v) is 6.93. The highest BCUT2D eigenvalue weighted by Crippen LogP contribution is 2.38. The Morgan fingerprint density at radius 2 is 1.70 bits per heavy atom. The van der Waals surface area contributed by atoms with Gasteiger partial charge in [-0.2, -0.15) is 5.26 Å². The zero-order valence-corrected chi connectivity index (χ0v) is 22.1. The van der Waals surface area contributed by atoms with Crippen molar-refractivity contribution in [2.75, 3.05) is 25.3 Å². The number of pyridine rings is 1. The molecule has 4 rings (SSSR count). The first-order chi connectivity index (χ1) is 17.9.